The molecule has 0 aliphatic carbocycles. The van der Waals surface area contributed by atoms with Gasteiger partial charge >= 0.3 is 0 Å². The van der Waals surface area contributed by atoms with Gasteiger partial charge in [-0.2, -0.15) is 9.61 Å². The molecule has 2 N–H and O–H groups in total. The Labute approximate surface area is 92.3 Å². The molecular formula is C9H15N5S. The Bertz CT molecular complexity index is 446. The highest BCUT2D eigenvalue weighted by Gasteiger charge is 2.14. The molecule has 1 atom stereocenters. The molecule has 2 aromatic heterocycles. The van der Waals surface area contributed by atoms with E-state index in [4.69, 9.17) is 5.73 Å². The van der Waals surface area contributed by atoms with Gasteiger partial charge in [-0.1, -0.05) is 31.1 Å². The molecule has 0 amide bonds. The lowest BCUT2D eigenvalue weighted by atomic mass is 10.1. The number of aromatic nitrogens is 4. The van der Waals surface area contributed by atoms with Crippen molar-refractivity contribution in [2.45, 2.75) is 39.2 Å². The van der Waals surface area contributed by atoms with E-state index in [1.807, 2.05) is 6.92 Å². The van der Waals surface area contributed by atoms with Crippen LogP contribution in [0.25, 0.3) is 4.96 Å². The van der Waals surface area contributed by atoms with Gasteiger partial charge < -0.3 is 5.73 Å². The summed E-state index contributed by atoms with van der Waals surface area (Å²) in [6, 6.07) is 0.0380. The van der Waals surface area contributed by atoms with Gasteiger partial charge in [0.1, 0.15) is 5.01 Å². The fourth-order valence-electron chi connectivity index (χ4n) is 1.43. The average Bonchev–Trinajstić information content (AvgIpc) is 2.78. The van der Waals surface area contributed by atoms with Crippen LogP contribution in [0.1, 0.15) is 43.1 Å². The van der Waals surface area contributed by atoms with Crippen molar-refractivity contribution in [1.82, 2.24) is 19.8 Å². The molecule has 2 heterocycles. The van der Waals surface area contributed by atoms with Crippen LogP contribution in [0.2, 0.25) is 0 Å². The van der Waals surface area contributed by atoms with Crippen LogP contribution in [0, 0.1) is 6.92 Å². The van der Waals surface area contributed by atoms with Crippen molar-refractivity contribution >= 4 is 16.3 Å². The van der Waals surface area contributed by atoms with Crippen molar-refractivity contribution in [2.75, 3.05) is 0 Å². The molecule has 0 radical (unpaired) electrons. The highest BCUT2D eigenvalue weighted by atomic mass is 32.1. The standard InChI is InChI=1S/C9H15N5S/c1-3-4-5-7(10)8-13-14-6(2)11-12-9(14)15-8/h7H,3-5,10H2,1-2H3. The number of aryl methyl sites for hydroxylation is 1. The second kappa shape index (κ2) is 4.24. The van der Waals surface area contributed by atoms with Gasteiger partial charge in [-0.05, 0) is 13.3 Å². The Kier molecular flexibility index (Phi) is 2.97. The van der Waals surface area contributed by atoms with Gasteiger partial charge in [0, 0.05) is 0 Å². The minimum Gasteiger partial charge on any atom is -0.322 e. The molecular weight excluding hydrogens is 210 g/mol. The number of hydrogen-bond donors (Lipinski definition) is 1. The smallest absolute Gasteiger partial charge is 0.234 e. The second-order valence-electron chi connectivity index (χ2n) is 3.63. The first-order valence-electron chi connectivity index (χ1n) is 5.16. The Balaban J connectivity index is 2.20. The Morgan fingerprint density at radius 3 is 2.93 bits per heavy atom. The van der Waals surface area contributed by atoms with Crippen molar-refractivity contribution in [2.24, 2.45) is 5.73 Å². The summed E-state index contributed by atoms with van der Waals surface area (Å²) in [4.78, 5) is 0.828. The largest absolute Gasteiger partial charge is 0.322 e. The highest BCUT2D eigenvalue weighted by Crippen LogP contribution is 2.22. The highest BCUT2D eigenvalue weighted by molar-refractivity contribution is 7.16. The molecule has 0 saturated heterocycles. The molecule has 0 bridgehead atoms. The van der Waals surface area contributed by atoms with Crippen LogP contribution in [-0.4, -0.2) is 19.8 Å². The van der Waals surface area contributed by atoms with E-state index in [-0.39, 0.29) is 6.04 Å². The van der Waals surface area contributed by atoms with Gasteiger partial charge in [0.05, 0.1) is 6.04 Å². The van der Waals surface area contributed by atoms with Crippen LogP contribution in [0.15, 0.2) is 0 Å². The van der Waals surface area contributed by atoms with Crippen molar-refractivity contribution in [3.05, 3.63) is 10.8 Å². The Morgan fingerprint density at radius 2 is 2.27 bits per heavy atom. The molecule has 82 valence electrons. The number of hydrogen-bond acceptors (Lipinski definition) is 5. The zero-order valence-corrected chi connectivity index (χ0v) is 9.79. The average molecular weight is 225 g/mol. The molecule has 2 rings (SSSR count). The Hall–Kier alpha value is -1.01. The van der Waals surface area contributed by atoms with E-state index in [0.717, 1.165) is 35.1 Å². The number of nitrogens with two attached hydrogens (primary N) is 1. The fraction of sp³-hybridized carbons (Fsp3) is 0.667. The summed E-state index contributed by atoms with van der Waals surface area (Å²) < 4.78 is 1.76. The topological polar surface area (TPSA) is 69.1 Å². The third-order valence-electron chi connectivity index (χ3n) is 2.35. The molecule has 0 aliphatic heterocycles. The van der Waals surface area contributed by atoms with Crippen LogP contribution in [-0.2, 0) is 0 Å². The number of nitrogens with zero attached hydrogens (tertiary/aromatic N) is 4. The fourth-order valence-corrected chi connectivity index (χ4v) is 2.35. The van der Waals surface area contributed by atoms with Gasteiger partial charge in [0.15, 0.2) is 5.82 Å². The van der Waals surface area contributed by atoms with Crippen LogP contribution < -0.4 is 5.73 Å². The lowest BCUT2D eigenvalue weighted by molar-refractivity contribution is 0.592. The minimum absolute atomic E-state index is 0.0380. The third kappa shape index (κ3) is 2.00. The zero-order valence-electron chi connectivity index (χ0n) is 8.97. The first-order chi connectivity index (χ1) is 7.22. The van der Waals surface area contributed by atoms with E-state index >= 15 is 0 Å². The lowest BCUT2D eigenvalue weighted by Gasteiger charge is -2.05. The van der Waals surface area contributed by atoms with E-state index in [1.54, 1.807) is 4.52 Å². The quantitative estimate of drug-likeness (QED) is 0.859. The van der Waals surface area contributed by atoms with Crippen LogP contribution >= 0.6 is 11.3 Å². The van der Waals surface area contributed by atoms with E-state index < -0.39 is 0 Å². The van der Waals surface area contributed by atoms with Crippen LogP contribution in [0.3, 0.4) is 0 Å². The van der Waals surface area contributed by atoms with E-state index in [9.17, 15) is 0 Å². The lowest BCUT2D eigenvalue weighted by Crippen LogP contribution is -2.10. The van der Waals surface area contributed by atoms with E-state index in [2.05, 4.69) is 22.2 Å². The summed E-state index contributed by atoms with van der Waals surface area (Å²) in [6.07, 6.45) is 3.29. The zero-order chi connectivity index (χ0) is 10.8. The molecule has 0 aromatic carbocycles. The molecule has 0 spiro atoms. The Morgan fingerprint density at radius 1 is 1.47 bits per heavy atom. The summed E-state index contributed by atoms with van der Waals surface area (Å²) in [7, 11) is 0. The summed E-state index contributed by atoms with van der Waals surface area (Å²) in [5.74, 6) is 0.815. The first kappa shape index (κ1) is 10.5. The van der Waals surface area contributed by atoms with Crippen molar-refractivity contribution in [3.8, 4) is 0 Å². The first-order valence-corrected chi connectivity index (χ1v) is 5.98. The van der Waals surface area contributed by atoms with Gasteiger partial charge in [-0.15, -0.1) is 10.2 Å². The van der Waals surface area contributed by atoms with Crippen LogP contribution in [0.5, 0.6) is 0 Å². The molecule has 5 nitrogen and oxygen atoms in total. The monoisotopic (exact) mass is 225 g/mol. The maximum Gasteiger partial charge on any atom is 0.234 e. The SMILES string of the molecule is CCCCC(N)c1nn2c(C)nnc2s1. The molecule has 2 aromatic rings. The molecule has 6 heteroatoms. The molecule has 0 saturated carbocycles. The third-order valence-corrected chi connectivity index (χ3v) is 3.38. The summed E-state index contributed by atoms with van der Waals surface area (Å²) in [6.45, 7) is 4.05. The number of rotatable bonds is 4. The number of unbranched alkanes of at least 4 members (excludes halogenated alkanes) is 1. The molecule has 0 fully saturated rings. The minimum atomic E-state index is 0.0380. The molecule has 0 aliphatic rings. The number of fused-ring (bicyclic) bond motifs is 1. The summed E-state index contributed by atoms with van der Waals surface area (Å²) in [5.41, 5.74) is 6.04. The van der Waals surface area contributed by atoms with Crippen molar-refractivity contribution in [3.63, 3.8) is 0 Å². The maximum absolute atomic E-state index is 6.04. The predicted octanol–water partition coefficient (Wildman–Crippen LogP) is 1.68. The molecule has 1 unspecified atom stereocenters. The predicted molar refractivity (Wildman–Crippen MR) is 59.8 cm³/mol. The van der Waals surface area contributed by atoms with Crippen LogP contribution in [0.4, 0.5) is 0 Å². The summed E-state index contributed by atoms with van der Waals surface area (Å²) in [5, 5.41) is 13.3. The maximum atomic E-state index is 6.04. The summed E-state index contributed by atoms with van der Waals surface area (Å²) >= 11 is 1.53. The van der Waals surface area contributed by atoms with Gasteiger partial charge in [-0.25, -0.2) is 0 Å². The van der Waals surface area contributed by atoms with Gasteiger partial charge in [0.25, 0.3) is 0 Å². The van der Waals surface area contributed by atoms with Crippen molar-refractivity contribution in [1.29, 1.82) is 0 Å². The van der Waals surface area contributed by atoms with Gasteiger partial charge in [0.2, 0.25) is 4.96 Å². The van der Waals surface area contributed by atoms with E-state index in [1.165, 1.54) is 11.3 Å². The molecule has 15 heavy (non-hydrogen) atoms. The second-order valence-corrected chi connectivity index (χ2v) is 4.62. The van der Waals surface area contributed by atoms with E-state index in [0.29, 0.717) is 0 Å². The van der Waals surface area contributed by atoms with Gasteiger partial charge in [-0.3, -0.25) is 0 Å². The normalized spacial score (nSPS) is 13.5. The van der Waals surface area contributed by atoms with Crippen molar-refractivity contribution < 1.29 is 0 Å².